The number of hydrogen-bond donors (Lipinski definition) is 0. The van der Waals surface area contributed by atoms with E-state index < -0.39 is 0 Å². The van der Waals surface area contributed by atoms with Crippen LogP contribution in [0.15, 0.2) is 18.5 Å². The standard InChI is InChI=1S/C18H29N3O/c1-13(2)14(12-16-19-9-7-10-20-16)17(22)21-11-6-8-15(21)18(3,4)5/h7,9-10,13-15H,6,8,11-12H2,1-5H3. The van der Waals surface area contributed by atoms with Gasteiger partial charge >= 0.3 is 0 Å². The molecule has 2 unspecified atom stereocenters. The Kier molecular flexibility index (Phi) is 5.20. The van der Waals surface area contributed by atoms with Crippen molar-refractivity contribution in [1.82, 2.24) is 14.9 Å². The average molecular weight is 303 g/mol. The zero-order chi connectivity index (χ0) is 16.3. The molecule has 0 aliphatic carbocycles. The van der Waals surface area contributed by atoms with Crippen LogP contribution < -0.4 is 0 Å². The average Bonchev–Trinajstić information content (AvgIpc) is 2.94. The first-order valence-electron chi connectivity index (χ1n) is 8.37. The number of nitrogens with zero attached hydrogens (tertiary/aromatic N) is 3. The molecule has 2 rings (SSSR count). The normalized spacial score (nSPS) is 20.5. The first kappa shape index (κ1) is 16.9. The monoisotopic (exact) mass is 303 g/mol. The summed E-state index contributed by atoms with van der Waals surface area (Å²) in [5.41, 5.74) is 0.136. The molecule has 1 aromatic heterocycles. The van der Waals surface area contributed by atoms with E-state index in [1.54, 1.807) is 12.4 Å². The van der Waals surface area contributed by atoms with Gasteiger partial charge in [-0.15, -0.1) is 0 Å². The lowest BCUT2D eigenvalue weighted by molar-refractivity contribution is -0.139. The van der Waals surface area contributed by atoms with Gasteiger partial charge in [0, 0.05) is 37.3 Å². The molecule has 0 spiro atoms. The van der Waals surface area contributed by atoms with Crippen molar-refractivity contribution in [1.29, 1.82) is 0 Å². The van der Waals surface area contributed by atoms with E-state index in [0.717, 1.165) is 25.2 Å². The van der Waals surface area contributed by atoms with Crippen LogP contribution in [-0.2, 0) is 11.2 Å². The fourth-order valence-corrected chi connectivity index (χ4v) is 3.38. The van der Waals surface area contributed by atoms with Crippen LogP contribution in [0.1, 0.15) is 53.3 Å². The molecule has 4 nitrogen and oxygen atoms in total. The number of aromatic nitrogens is 2. The molecule has 1 fully saturated rings. The number of carbonyl (C=O) groups is 1. The molecule has 2 atom stereocenters. The smallest absolute Gasteiger partial charge is 0.226 e. The maximum atomic E-state index is 13.1. The van der Waals surface area contributed by atoms with Crippen LogP contribution in [0, 0.1) is 17.3 Å². The lowest BCUT2D eigenvalue weighted by Gasteiger charge is -2.37. The van der Waals surface area contributed by atoms with Gasteiger partial charge in [0.25, 0.3) is 0 Å². The van der Waals surface area contributed by atoms with Gasteiger partial charge in [0.2, 0.25) is 5.91 Å². The van der Waals surface area contributed by atoms with Crippen LogP contribution in [0.25, 0.3) is 0 Å². The predicted molar refractivity (Wildman–Crippen MR) is 88.3 cm³/mol. The van der Waals surface area contributed by atoms with Gasteiger partial charge in [-0.2, -0.15) is 0 Å². The summed E-state index contributed by atoms with van der Waals surface area (Å²) in [6.07, 6.45) is 6.35. The van der Waals surface area contributed by atoms with Gasteiger partial charge in [0.05, 0.1) is 0 Å². The highest BCUT2D eigenvalue weighted by molar-refractivity contribution is 5.80. The largest absolute Gasteiger partial charge is 0.339 e. The molecule has 0 bridgehead atoms. The highest BCUT2D eigenvalue weighted by Crippen LogP contribution is 2.34. The van der Waals surface area contributed by atoms with E-state index in [1.807, 2.05) is 6.07 Å². The number of carbonyl (C=O) groups excluding carboxylic acids is 1. The number of amides is 1. The molecule has 22 heavy (non-hydrogen) atoms. The molecular weight excluding hydrogens is 274 g/mol. The van der Waals surface area contributed by atoms with Crippen LogP contribution in [0.2, 0.25) is 0 Å². The van der Waals surface area contributed by atoms with Crippen molar-refractivity contribution in [3.05, 3.63) is 24.3 Å². The SMILES string of the molecule is CC(C)C(Cc1ncccn1)C(=O)N1CCCC1C(C)(C)C. The van der Waals surface area contributed by atoms with E-state index in [4.69, 9.17) is 0 Å². The van der Waals surface area contributed by atoms with Gasteiger partial charge in [0.1, 0.15) is 5.82 Å². The summed E-state index contributed by atoms with van der Waals surface area (Å²) < 4.78 is 0. The van der Waals surface area contributed by atoms with E-state index in [0.29, 0.717) is 12.5 Å². The van der Waals surface area contributed by atoms with E-state index in [2.05, 4.69) is 49.5 Å². The van der Waals surface area contributed by atoms with Crippen LogP contribution >= 0.6 is 0 Å². The Hall–Kier alpha value is -1.45. The minimum absolute atomic E-state index is 0.0367. The number of rotatable bonds is 4. The van der Waals surface area contributed by atoms with Gasteiger partial charge in [-0.05, 0) is 30.2 Å². The lowest BCUT2D eigenvalue weighted by Crippen LogP contribution is -2.47. The first-order chi connectivity index (χ1) is 10.3. The zero-order valence-electron chi connectivity index (χ0n) is 14.5. The van der Waals surface area contributed by atoms with Gasteiger partial charge in [-0.3, -0.25) is 4.79 Å². The van der Waals surface area contributed by atoms with Crippen molar-refractivity contribution >= 4 is 5.91 Å². The summed E-state index contributed by atoms with van der Waals surface area (Å²) in [6, 6.07) is 2.16. The van der Waals surface area contributed by atoms with Crippen molar-refractivity contribution in [3.63, 3.8) is 0 Å². The number of likely N-dealkylation sites (tertiary alicyclic amines) is 1. The maximum absolute atomic E-state index is 13.1. The van der Waals surface area contributed by atoms with Crippen LogP contribution in [0.5, 0.6) is 0 Å². The van der Waals surface area contributed by atoms with E-state index in [9.17, 15) is 4.79 Å². The van der Waals surface area contributed by atoms with Gasteiger partial charge in [-0.25, -0.2) is 9.97 Å². The van der Waals surface area contributed by atoms with Gasteiger partial charge in [0.15, 0.2) is 0 Å². The first-order valence-corrected chi connectivity index (χ1v) is 8.37. The molecule has 1 aliphatic rings. The van der Waals surface area contributed by atoms with Crippen molar-refractivity contribution in [2.75, 3.05) is 6.54 Å². The number of hydrogen-bond acceptors (Lipinski definition) is 3. The van der Waals surface area contributed by atoms with E-state index in [1.165, 1.54) is 0 Å². The second-order valence-electron chi connectivity index (χ2n) is 7.78. The molecule has 0 radical (unpaired) electrons. The summed E-state index contributed by atoms with van der Waals surface area (Å²) in [4.78, 5) is 23.8. The second kappa shape index (κ2) is 6.76. The van der Waals surface area contributed by atoms with Crippen molar-refractivity contribution in [2.24, 2.45) is 17.3 Å². The summed E-state index contributed by atoms with van der Waals surface area (Å²) >= 11 is 0. The molecular formula is C18H29N3O. The van der Waals surface area contributed by atoms with Crippen LogP contribution in [-0.4, -0.2) is 33.4 Å². The van der Waals surface area contributed by atoms with Crippen LogP contribution in [0.3, 0.4) is 0 Å². The molecule has 4 heteroatoms. The van der Waals surface area contributed by atoms with Crippen molar-refractivity contribution < 1.29 is 4.79 Å². The fraction of sp³-hybridized carbons (Fsp3) is 0.722. The second-order valence-corrected chi connectivity index (χ2v) is 7.78. The third-order valence-corrected chi connectivity index (χ3v) is 4.68. The Balaban J connectivity index is 2.16. The molecule has 1 amide bonds. The fourth-order valence-electron chi connectivity index (χ4n) is 3.38. The summed E-state index contributed by atoms with van der Waals surface area (Å²) in [6.45, 7) is 11.8. The molecule has 2 heterocycles. The highest BCUT2D eigenvalue weighted by atomic mass is 16.2. The Bertz CT molecular complexity index is 493. The molecule has 1 aliphatic heterocycles. The highest BCUT2D eigenvalue weighted by Gasteiger charge is 2.39. The lowest BCUT2D eigenvalue weighted by atomic mass is 9.83. The van der Waals surface area contributed by atoms with Gasteiger partial charge in [-0.1, -0.05) is 34.6 Å². The topological polar surface area (TPSA) is 46.1 Å². The summed E-state index contributed by atoms with van der Waals surface area (Å²) in [5.74, 6) is 1.30. The van der Waals surface area contributed by atoms with Crippen LogP contribution in [0.4, 0.5) is 0 Å². The zero-order valence-corrected chi connectivity index (χ0v) is 14.5. The quantitative estimate of drug-likeness (QED) is 0.857. The van der Waals surface area contributed by atoms with Crippen molar-refractivity contribution in [3.8, 4) is 0 Å². The minimum Gasteiger partial charge on any atom is -0.339 e. The molecule has 0 N–H and O–H groups in total. The van der Waals surface area contributed by atoms with E-state index in [-0.39, 0.29) is 23.2 Å². The Morgan fingerprint density at radius 3 is 2.50 bits per heavy atom. The molecule has 0 aromatic carbocycles. The molecule has 0 saturated carbocycles. The maximum Gasteiger partial charge on any atom is 0.226 e. The third kappa shape index (κ3) is 3.84. The molecule has 1 aromatic rings. The summed E-state index contributed by atoms with van der Waals surface area (Å²) in [5, 5.41) is 0. The van der Waals surface area contributed by atoms with Gasteiger partial charge < -0.3 is 4.90 Å². The minimum atomic E-state index is -0.0367. The third-order valence-electron chi connectivity index (χ3n) is 4.68. The Morgan fingerprint density at radius 2 is 1.95 bits per heavy atom. The Labute approximate surface area is 134 Å². The summed E-state index contributed by atoms with van der Waals surface area (Å²) in [7, 11) is 0. The molecule has 122 valence electrons. The van der Waals surface area contributed by atoms with E-state index >= 15 is 0 Å². The predicted octanol–water partition coefficient (Wildman–Crippen LogP) is 3.33. The molecule has 1 saturated heterocycles. The Morgan fingerprint density at radius 1 is 1.32 bits per heavy atom. The van der Waals surface area contributed by atoms with Crippen molar-refractivity contribution in [2.45, 2.75) is 59.9 Å².